The van der Waals surface area contributed by atoms with Crippen LogP contribution in [0.1, 0.15) is 21.6 Å². The van der Waals surface area contributed by atoms with Gasteiger partial charge in [0.1, 0.15) is 11.5 Å². The van der Waals surface area contributed by atoms with Crippen LogP contribution in [-0.2, 0) is 0 Å². The molecule has 0 saturated heterocycles. The molecule has 1 aromatic heterocycles. The third kappa shape index (κ3) is 4.33. The molecule has 0 bridgehead atoms. The summed E-state index contributed by atoms with van der Waals surface area (Å²) in [7, 11) is 0. The van der Waals surface area contributed by atoms with Crippen molar-refractivity contribution < 1.29 is 4.79 Å². The summed E-state index contributed by atoms with van der Waals surface area (Å²) >= 11 is 5.85. The van der Waals surface area contributed by atoms with Gasteiger partial charge in [-0.3, -0.25) is 4.79 Å². The van der Waals surface area contributed by atoms with Crippen molar-refractivity contribution >= 4 is 34.7 Å². The molecule has 3 aromatic rings. The molecular weight excluding hydrogens is 336 g/mol. The largest absolute Gasteiger partial charge is 0.339 e. The van der Waals surface area contributed by atoms with Gasteiger partial charge in [-0.05, 0) is 61.4 Å². The van der Waals surface area contributed by atoms with Crippen LogP contribution in [0.25, 0.3) is 0 Å². The summed E-state index contributed by atoms with van der Waals surface area (Å²) < 4.78 is 0. The minimum atomic E-state index is -0.297. The van der Waals surface area contributed by atoms with Crippen molar-refractivity contribution in [2.24, 2.45) is 0 Å². The SMILES string of the molecule is Cc1ccc(NC(=O)c2cnc(Nc3ccc(Cl)cc3)cn2)cc1C. The molecule has 3 rings (SSSR count). The lowest BCUT2D eigenvalue weighted by Crippen LogP contribution is -2.14. The van der Waals surface area contributed by atoms with E-state index in [1.54, 1.807) is 12.1 Å². The van der Waals surface area contributed by atoms with Crippen molar-refractivity contribution in [1.29, 1.82) is 0 Å². The standard InChI is InChI=1S/C19H17ClN4O/c1-12-3-6-16(9-13(12)2)24-19(25)17-10-22-18(11-21-17)23-15-7-4-14(20)5-8-15/h3-11H,1-2H3,(H,22,23)(H,24,25). The van der Waals surface area contributed by atoms with Crippen LogP contribution in [0, 0.1) is 13.8 Å². The highest BCUT2D eigenvalue weighted by molar-refractivity contribution is 6.30. The first-order valence-electron chi connectivity index (χ1n) is 7.74. The van der Waals surface area contributed by atoms with Gasteiger partial charge < -0.3 is 10.6 Å². The Balaban J connectivity index is 1.67. The Bertz CT molecular complexity index is 892. The molecule has 126 valence electrons. The summed E-state index contributed by atoms with van der Waals surface area (Å²) in [4.78, 5) is 20.7. The van der Waals surface area contributed by atoms with Crippen LogP contribution in [0.5, 0.6) is 0 Å². The van der Waals surface area contributed by atoms with E-state index in [1.807, 2.05) is 44.2 Å². The first-order chi connectivity index (χ1) is 12.0. The molecule has 25 heavy (non-hydrogen) atoms. The number of anilines is 3. The van der Waals surface area contributed by atoms with Crippen LogP contribution in [-0.4, -0.2) is 15.9 Å². The van der Waals surface area contributed by atoms with E-state index in [9.17, 15) is 4.79 Å². The lowest BCUT2D eigenvalue weighted by atomic mass is 10.1. The fourth-order valence-electron chi connectivity index (χ4n) is 2.21. The molecule has 0 saturated carbocycles. The molecule has 1 heterocycles. The smallest absolute Gasteiger partial charge is 0.275 e. The quantitative estimate of drug-likeness (QED) is 0.711. The molecule has 0 unspecified atom stereocenters. The zero-order valence-corrected chi connectivity index (χ0v) is 14.6. The number of aryl methyl sites for hydroxylation is 2. The van der Waals surface area contributed by atoms with E-state index in [4.69, 9.17) is 11.6 Å². The maximum atomic E-state index is 12.3. The first-order valence-corrected chi connectivity index (χ1v) is 8.12. The number of hydrogen-bond donors (Lipinski definition) is 2. The number of nitrogens with one attached hydrogen (secondary N) is 2. The fraction of sp³-hybridized carbons (Fsp3) is 0.105. The summed E-state index contributed by atoms with van der Waals surface area (Å²) in [6.07, 6.45) is 2.96. The van der Waals surface area contributed by atoms with Crippen LogP contribution in [0.15, 0.2) is 54.9 Å². The molecule has 2 N–H and O–H groups in total. The molecule has 5 nitrogen and oxygen atoms in total. The highest BCUT2D eigenvalue weighted by Crippen LogP contribution is 2.18. The molecule has 0 fully saturated rings. The molecule has 0 aliphatic heterocycles. The van der Waals surface area contributed by atoms with Crippen molar-refractivity contribution in [3.63, 3.8) is 0 Å². The maximum absolute atomic E-state index is 12.3. The van der Waals surface area contributed by atoms with Gasteiger partial charge in [0.2, 0.25) is 0 Å². The van der Waals surface area contributed by atoms with Crippen LogP contribution in [0.3, 0.4) is 0 Å². The van der Waals surface area contributed by atoms with E-state index < -0.39 is 0 Å². The number of benzene rings is 2. The van der Waals surface area contributed by atoms with Gasteiger partial charge in [-0.2, -0.15) is 0 Å². The van der Waals surface area contributed by atoms with Gasteiger partial charge in [-0.1, -0.05) is 17.7 Å². The summed E-state index contributed by atoms with van der Waals surface area (Å²) in [6, 6.07) is 13.0. The third-order valence-electron chi connectivity index (χ3n) is 3.77. The minimum absolute atomic E-state index is 0.250. The molecule has 0 aliphatic carbocycles. The van der Waals surface area contributed by atoms with Crippen molar-refractivity contribution in [3.8, 4) is 0 Å². The fourth-order valence-corrected chi connectivity index (χ4v) is 2.33. The average Bonchev–Trinajstić information content (AvgIpc) is 2.61. The van der Waals surface area contributed by atoms with Gasteiger partial charge in [-0.15, -0.1) is 0 Å². The maximum Gasteiger partial charge on any atom is 0.275 e. The lowest BCUT2D eigenvalue weighted by Gasteiger charge is -2.08. The minimum Gasteiger partial charge on any atom is -0.339 e. The summed E-state index contributed by atoms with van der Waals surface area (Å²) in [6.45, 7) is 4.03. The molecule has 0 aliphatic rings. The number of nitrogens with zero attached hydrogens (tertiary/aromatic N) is 2. The van der Waals surface area contributed by atoms with Crippen molar-refractivity contribution in [1.82, 2.24) is 9.97 Å². The predicted molar refractivity (Wildman–Crippen MR) is 101 cm³/mol. The van der Waals surface area contributed by atoms with Gasteiger partial charge in [0, 0.05) is 16.4 Å². The summed E-state index contributed by atoms with van der Waals surface area (Å²) in [5.74, 6) is 0.249. The predicted octanol–water partition coefficient (Wildman–Crippen LogP) is 4.74. The zero-order chi connectivity index (χ0) is 17.8. The van der Waals surface area contributed by atoms with Gasteiger partial charge >= 0.3 is 0 Å². The Kier molecular flexibility index (Phi) is 4.95. The van der Waals surface area contributed by atoms with Crippen molar-refractivity contribution in [3.05, 3.63) is 76.7 Å². The number of halogens is 1. The van der Waals surface area contributed by atoms with Crippen LogP contribution >= 0.6 is 11.6 Å². The number of hydrogen-bond acceptors (Lipinski definition) is 4. The molecule has 0 radical (unpaired) electrons. The molecule has 0 atom stereocenters. The van der Waals surface area contributed by atoms with Gasteiger partial charge in [0.25, 0.3) is 5.91 Å². The topological polar surface area (TPSA) is 66.9 Å². The van der Waals surface area contributed by atoms with Crippen LogP contribution in [0.4, 0.5) is 17.2 Å². The van der Waals surface area contributed by atoms with E-state index in [0.29, 0.717) is 10.8 Å². The Labute approximate surface area is 151 Å². The number of rotatable bonds is 4. The van der Waals surface area contributed by atoms with E-state index in [2.05, 4.69) is 20.6 Å². The third-order valence-corrected chi connectivity index (χ3v) is 4.02. The summed E-state index contributed by atoms with van der Waals surface area (Å²) in [5.41, 5.74) is 4.12. The second kappa shape index (κ2) is 7.32. The van der Waals surface area contributed by atoms with Crippen molar-refractivity contribution in [2.75, 3.05) is 10.6 Å². The molecular formula is C19H17ClN4O. The van der Waals surface area contributed by atoms with E-state index in [0.717, 1.165) is 16.9 Å². The Morgan fingerprint density at radius 1 is 0.920 bits per heavy atom. The second-order valence-electron chi connectivity index (χ2n) is 5.67. The Hall–Kier alpha value is -2.92. The van der Waals surface area contributed by atoms with Crippen LogP contribution in [0.2, 0.25) is 5.02 Å². The number of aromatic nitrogens is 2. The highest BCUT2D eigenvalue weighted by Gasteiger charge is 2.09. The molecule has 2 aromatic carbocycles. The normalized spacial score (nSPS) is 10.4. The number of carbonyl (C=O) groups is 1. The van der Waals surface area contributed by atoms with Gasteiger partial charge in [0.05, 0.1) is 12.4 Å². The average molecular weight is 353 g/mol. The van der Waals surface area contributed by atoms with Crippen molar-refractivity contribution in [2.45, 2.75) is 13.8 Å². The summed E-state index contributed by atoms with van der Waals surface area (Å²) in [5, 5.41) is 6.58. The zero-order valence-electron chi connectivity index (χ0n) is 13.9. The molecule has 0 spiro atoms. The van der Waals surface area contributed by atoms with Crippen LogP contribution < -0.4 is 10.6 Å². The Morgan fingerprint density at radius 3 is 2.28 bits per heavy atom. The number of amides is 1. The number of carbonyl (C=O) groups excluding carboxylic acids is 1. The lowest BCUT2D eigenvalue weighted by molar-refractivity contribution is 0.102. The molecule has 1 amide bonds. The van der Waals surface area contributed by atoms with Gasteiger partial charge in [0.15, 0.2) is 0 Å². The molecule has 6 heteroatoms. The van der Waals surface area contributed by atoms with E-state index in [1.165, 1.54) is 18.0 Å². The highest BCUT2D eigenvalue weighted by atomic mass is 35.5. The first kappa shape index (κ1) is 16.9. The van der Waals surface area contributed by atoms with E-state index in [-0.39, 0.29) is 11.6 Å². The monoisotopic (exact) mass is 352 g/mol. The Morgan fingerprint density at radius 2 is 1.64 bits per heavy atom. The van der Waals surface area contributed by atoms with Gasteiger partial charge in [-0.25, -0.2) is 9.97 Å². The second-order valence-corrected chi connectivity index (χ2v) is 6.11. The van der Waals surface area contributed by atoms with E-state index >= 15 is 0 Å².